The van der Waals surface area contributed by atoms with Crippen LogP contribution >= 0.6 is 0 Å². The number of aromatic nitrogens is 1. The van der Waals surface area contributed by atoms with Crippen molar-refractivity contribution in [3.63, 3.8) is 0 Å². The normalized spacial score (nSPS) is 14.8. The number of pyridine rings is 1. The zero-order chi connectivity index (χ0) is 8.67. The first-order chi connectivity index (χ1) is 6.45. The molecular formula is C11H10N2. The van der Waals surface area contributed by atoms with Crippen LogP contribution in [0.15, 0.2) is 30.5 Å². The van der Waals surface area contributed by atoms with Gasteiger partial charge in [0.25, 0.3) is 0 Å². The van der Waals surface area contributed by atoms with Crippen molar-refractivity contribution in [1.29, 1.82) is 0 Å². The molecule has 2 aromatic rings. The molecule has 0 bridgehead atoms. The quantitative estimate of drug-likeness (QED) is 0.652. The average Bonchev–Trinajstić information content (AvgIpc) is 2.19. The summed E-state index contributed by atoms with van der Waals surface area (Å²) in [5.74, 6) is 0. The molecule has 2 nitrogen and oxygen atoms in total. The largest absolute Gasteiger partial charge is 0.309 e. The number of hydrogen-bond donors (Lipinski definition) is 1. The van der Waals surface area contributed by atoms with Crippen LogP contribution in [0.3, 0.4) is 0 Å². The summed E-state index contributed by atoms with van der Waals surface area (Å²) in [5, 5.41) is 4.72. The van der Waals surface area contributed by atoms with Gasteiger partial charge in [-0.3, -0.25) is 4.98 Å². The molecule has 64 valence electrons. The average molecular weight is 170 g/mol. The Morgan fingerprint density at radius 3 is 2.85 bits per heavy atom. The predicted molar refractivity (Wildman–Crippen MR) is 52.3 cm³/mol. The summed E-state index contributed by atoms with van der Waals surface area (Å²) in [5.41, 5.74) is 3.86. The van der Waals surface area contributed by atoms with E-state index in [9.17, 15) is 0 Å². The molecule has 0 fully saturated rings. The predicted octanol–water partition coefficient (Wildman–Crippen LogP) is 1.84. The molecule has 0 unspecified atom stereocenters. The van der Waals surface area contributed by atoms with Gasteiger partial charge in [-0.15, -0.1) is 0 Å². The number of nitrogens with one attached hydrogen (secondary N) is 1. The van der Waals surface area contributed by atoms with E-state index in [2.05, 4.69) is 34.6 Å². The molecule has 0 amide bonds. The summed E-state index contributed by atoms with van der Waals surface area (Å²) in [7, 11) is 0. The Labute approximate surface area is 76.6 Å². The molecule has 2 heteroatoms. The minimum Gasteiger partial charge on any atom is -0.309 e. The Hall–Kier alpha value is -1.41. The van der Waals surface area contributed by atoms with E-state index in [1.807, 2.05) is 6.20 Å². The molecule has 1 aromatic heterocycles. The number of rotatable bonds is 0. The van der Waals surface area contributed by atoms with Gasteiger partial charge in [0, 0.05) is 24.7 Å². The van der Waals surface area contributed by atoms with Crippen molar-refractivity contribution < 1.29 is 0 Å². The van der Waals surface area contributed by atoms with Crippen molar-refractivity contribution in [2.24, 2.45) is 0 Å². The highest BCUT2D eigenvalue weighted by Gasteiger charge is 2.10. The van der Waals surface area contributed by atoms with Crippen molar-refractivity contribution in [2.75, 3.05) is 0 Å². The monoisotopic (exact) mass is 170 g/mol. The van der Waals surface area contributed by atoms with E-state index in [4.69, 9.17) is 0 Å². The van der Waals surface area contributed by atoms with Crippen molar-refractivity contribution in [2.45, 2.75) is 13.1 Å². The summed E-state index contributed by atoms with van der Waals surface area (Å²) < 4.78 is 0. The van der Waals surface area contributed by atoms with Gasteiger partial charge < -0.3 is 5.32 Å². The van der Waals surface area contributed by atoms with Crippen molar-refractivity contribution >= 4 is 10.9 Å². The Balaban J connectivity index is 2.49. The standard InChI is InChI=1S/C11H10N2/c1-2-8-6-12-7-9-4-5-13-10(3-1)11(8)9/h1-5,12H,6-7H2. The summed E-state index contributed by atoms with van der Waals surface area (Å²) >= 11 is 0. The highest BCUT2D eigenvalue weighted by atomic mass is 14.9. The summed E-state index contributed by atoms with van der Waals surface area (Å²) in [6.45, 7) is 1.94. The molecule has 1 aliphatic heterocycles. The topological polar surface area (TPSA) is 24.9 Å². The molecule has 0 spiro atoms. The van der Waals surface area contributed by atoms with E-state index in [1.54, 1.807) is 0 Å². The van der Waals surface area contributed by atoms with Crippen molar-refractivity contribution in [3.8, 4) is 0 Å². The Morgan fingerprint density at radius 1 is 1.08 bits per heavy atom. The molecule has 0 saturated carbocycles. The third kappa shape index (κ3) is 0.956. The first-order valence-corrected chi connectivity index (χ1v) is 4.51. The van der Waals surface area contributed by atoms with Crippen LogP contribution in [0.4, 0.5) is 0 Å². The van der Waals surface area contributed by atoms with Crippen LogP contribution in [-0.4, -0.2) is 4.98 Å². The van der Waals surface area contributed by atoms with E-state index in [0.717, 1.165) is 18.6 Å². The van der Waals surface area contributed by atoms with Gasteiger partial charge in [0.1, 0.15) is 0 Å². The Kier molecular flexibility index (Phi) is 1.37. The summed E-state index contributed by atoms with van der Waals surface area (Å²) in [6, 6.07) is 8.41. The van der Waals surface area contributed by atoms with Gasteiger partial charge in [0.2, 0.25) is 0 Å². The second kappa shape index (κ2) is 2.54. The molecule has 1 aliphatic rings. The summed E-state index contributed by atoms with van der Waals surface area (Å²) in [6.07, 6.45) is 1.88. The van der Waals surface area contributed by atoms with Gasteiger partial charge in [-0.05, 0) is 23.3 Å². The van der Waals surface area contributed by atoms with E-state index >= 15 is 0 Å². The fourth-order valence-electron chi connectivity index (χ4n) is 1.98. The minimum absolute atomic E-state index is 0.968. The molecule has 1 aromatic carbocycles. The lowest BCUT2D eigenvalue weighted by molar-refractivity contribution is 0.682. The second-order valence-electron chi connectivity index (χ2n) is 3.38. The molecule has 0 radical (unpaired) electrons. The fourth-order valence-corrected chi connectivity index (χ4v) is 1.98. The lowest BCUT2D eigenvalue weighted by Crippen LogP contribution is -2.18. The van der Waals surface area contributed by atoms with Crippen molar-refractivity contribution in [3.05, 3.63) is 41.6 Å². The molecule has 2 heterocycles. The molecule has 13 heavy (non-hydrogen) atoms. The van der Waals surface area contributed by atoms with Crippen LogP contribution in [-0.2, 0) is 13.1 Å². The molecule has 0 saturated heterocycles. The molecule has 3 rings (SSSR count). The van der Waals surface area contributed by atoms with Crippen LogP contribution in [0, 0.1) is 0 Å². The maximum atomic E-state index is 4.36. The van der Waals surface area contributed by atoms with Gasteiger partial charge >= 0.3 is 0 Å². The Morgan fingerprint density at radius 2 is 1.92 bits per heavy atom. The first-order valence-electron chi connectivity index (χ1n) is 4.51. The van der Waals surface area contributed by atoms with Gasteiger partial charge in [-0.2, -0.15) is 0 Å². The highest BCUT2D eigenvalue weighted by Crippen LogP contribution is 2.23. The van der Waals surface area contributed by atoms with E-state index in [0.29, 0.717) is 0 Å². The zero-order valence-electron chi connectivity index (χ0n) is 7.25. The SMILES string of the molecule is c1cc2c3c(ccnc3c1)CNC2. The third-order valence-electron chi connectivity index (χ3n) is 2.57. The van der Waals surface area contributed by atoms with E-state index in [1.165, 1.54) is 16.5 Å². The van der Waals surface area contributed by atoms with Crippen LogP contribution in [0.2, 0.25) is 0 Å². The number of benzene rings is 1. The molecule has 0 atom stereocenters. The summed E-state index contributed by atoms with van der Waals surface area (Å²) in [4.78, 5) is 4.36. The lowest BCUT2D eigenvalue weighted by Gasteiger charge is -2.17. The van der Waals surface area contributed by atoms with Crippen LogP contribution < -0.4 is 5.32 Å². The highest BCUT2D eigenvalue weighted by molar-refractivity contribution is 5.86. The van der Waals surface area contributed by atoms with Gasteiger partial charge in [0.15, 0.2) is 0 Å². The number of hydrogen-bond acceptors (Lipinski definition) is 2. The van der Waals surface area contributed by atoms with E-state index in [-0.39, 0.29) is 0 Å². The van der Waals surface area contributed by atoms with Gasteiger partial charge in [0.05, 0.1) is 5.52 Å². The van der Waals surface area contributed by atoms with Gasteiger partial charge in [-0.1, -0.05) is 12.1 Å². The van der Waals surface area contributed by atoms with Crippen LogP contribution in [0.1, 0.15) is 11.1 Å². The third-order valence-corrected chi connectivity index (χ3v) is 2.57. The van der Waals surface area contributed by atoms with E-state index < -0.39 is 0 Å². The second-order valence-corrected chi connectivity index (χ2v) is 3.38. The molecule has 0 aliphatic carbocycles. The fraction of sp³-hybridized carbons (Fsp3) is 0.182. The maximum Gasteiger partial charge on any atom is 0.0708 e. The molecular weight excluding hydrogens is 160 g/mol. The first kappa shape index (κ1) is 7.04. The molecule has 1 N–H and O–H groups in total. The van der Waals surface area contributed by atoms with Crippen LogP contribution in [0.25, 0.3) is 10.9 Å². The maximum absolute atomic E-state index is 4.36. The Bertz CT molecular complexity index is 424. The smallest absolute Gasteiger partial charge is 0.0708 e. The van der Waals surface area contributed by atoms with Crippen LogP contribution in [0.5, 0.6) is 0 Å². The number of nitrogens with zero attached hydrogens (tertiary/aromatic N) is 1. The van der Waals surface area contributed by atoms with Gasteiger partial charge in [-0.25, -0.2) is 0 Å². The minimum atomic E-state index is 0.968. The lowest BCUT2D eigenvalue weighted by atomic mass is 10.00. The van der Waals surface area contributed by atoms with Crippen molar-refractivity contribution in [1.82, 2.24) is 10.3 Å². The zero-order valence-corrected chi connectivity index (χ0v) is 7.25.